The molecule has 132 valence electrons. The van der Waals surface area contributed by atoms with Gasteiger partial charge in [-0.05, 0) is 43.4 Å². The lowest BCUT2D eigenvalue weighted by Gasteiger charge is -2.22. The second kappa shape index (κ2) is 7.56. The van der Waals surface area contributed by atoms with Crippen LogP contribution < -0.4 is 5.32 Å². The van der Waals surface area contributed by atoms with Gasteiger partial charge in [-0.15, -0.1) is 0 Å². The van der Waals surface area contributed by atoms with Crippen molar-refractivity contribution in [1.82, 2.24) is 15.3 Å². The van der Waals surface area contributed by atoms with Gasteiger partial charge >= 0.3 is 0 Å². The average Bonchev–Trinajstić information content (AvgIpc) is 3.13. The number of hydrogen-bond acceptors (Lipinski definition) is 2. The molecular weight excluding hydrogens is 322 g/mol. The molecule has 0 unspecified atom stereocenters. The van der Waals surface area contributed by atoms with Gasteiger partial charge in [-0.25, -0.2) is 4.98 Å². The van der Waals surface area contributed by atoms with Gasteiger partial charge in [0.05, 0.1) is 17.1 Å². The minimum atomic E-state index is -0.164. The zero-order chi connectivity index (χ0) is 17.8. The smallest absolute Gasteiger partial charge is 0.224 e. The highest BCUT2D eigenvalue weighted by molar-refractivity contribution is 5.80. The van der Waals surface area contributed by atoms with Crippen molar-refractivity contribution in [3.05, 3.63) is 78.1 Å². The number of carbonyl (C=O) groups is 1. The predicted molar refractivity (Wildman–Crippen MR) is 104 cm³/mol. The summed E-state index contributed by atoms with van der Waals surface area (Å²) in [7, 11) is 0. The number of nitrogens with zero attached hydrogens (tertiary/aromatic N) is 1. The summed E-state index contributed by atoms with van der Waals surface area (Å²) in [5.74, 6) is 0.994. The van der Waals surface area contributed by atoms with E-state index in [0.29, 0.717) is 0 Å². The number of aromatic amines is 1. The van der Waals surface area contributed by atoms with E-state index < -0.39 is 0 Å². The van der Waals surface area contributed by atoms with Crippen LogP contribution in [-0.2, 0) is 11.2 Å². The first-order chi connectivity index (χ1) is 12.8. The van der Waals surface area contributed by atoms with Crippen molar-refractivity contribution in [1.29, 1.82) is 0 Å². The van der Waals surface area contributed by atoms with E-state index in [4.69, 9.17) is 4.98 Å². The van der Waals surface area contributed by atoms with Crippen LogP contribution in [0.25, 0.3) is 11.0 Å². The van der Waals surface area contributed by atoms with Crippen LogP contribution in [0.3, 0.4) is 0 Å². The molecule has 4 rings (SSSR count). The van der Waals surface area contributed by atoms with E-state index in [-0.39, 0.29) is 17.9 Å². The monoisotopic (exact) mass is 345 g/mol. The van der Waals surface area contributed by atoms with Crippen molar-refractivity contribution < 1.29 is 4.79 Å². The molecule has 0 bridgehead atoms. The van der Waals surface area contributed by atoms with Crippen molar-refractivity contribution >= 4 is 16.9 Å². The summed E-state index contributed by atoms with van der Waals surface area (Å²) in [5, 5.41) is 3.25. The third-order valence-corrected chi connectivity index (χ3v) is 4.98. The number of para-hydroxylation sites is 2. The van der Waals surface area contributed by atoms with Gasteiger partial charge in [0.15, 0.2) is 0 Å². The Labute approximate surface area is 153 Å². The quantitative estimate of drug-likeness (QED) is 0.677. The molecule has 1 amide bonds. The first kappa shape index (κ1) is 16.6. The van der Waals surface area contributed by atoms with Gasteiger partial charge in [-0.2, -0.15) is 0 Å². The maximum absolute atomic E-state index is 12.8. The molecule has 0 saturated heterocycles. The van der Waals surface area contributed by atoms with Gasteiger partial charge < -0.3 is 10.3 Å². The lowest BCUT2D eigenvalue weighted by atomic mass is 9.93. The third kappa shape index (κ3) is 3.69. The van der Waals surface area contributed by atoms with Crippen LogP contribution >= 0.6 is 0 Å². The van der Waals surface area contributed by atoms with Gasteiger partial charge in [0.2, 0.25) is 5.91 Å². The van der Waals surface area contributed by atoms with Crippen molar-refractivity contribution in [2.45, 2.75) is 31.7 Å². The van der Waals surface area contributed by atoms with Crippen molar-refractivity contribution in [2.24, 2.45) is 5.92 Å². The minimum Gasteiger partial charge on any atom is -0.346 e. The zero-order valence-electron chi connectivity index (χ0n) is 14.7. The van der Waals surface area contributed by atoms with Gasteiger partial charge in [-0.3, -0.25) is 4.79 Å². The zero-order valence-corrected chi connectivity index (χ0v) is 14.7. The summed E-state index contributed by atoms with van der Waals surface area (Å²) in [6.45, 7) is 0. The molecule has 1 aliphatic rings. The highest BCUT2D eigenvalue weighted by Crippen LogP contribution is 2.23. The maximum Gasteiger partial charge on any atom is 0.224 e. The van der Waals surface area contributed by atoms with Crippen LogP contribution in [0.5, 0.6) is 0 Å². The Balaban J connectivity index is 1.60. The van der Waals surface area contributed by atoms with E-state index in [0.717, 1.165) is 42.5 Å². The van der Waals surface area contributed by atoms with Crippen LogP contribution in [0, 0.1) is 5.92 Å². The molecule has 1 aromatic heterocycles. The summed E-state index contributed by atoms with van der Waals surface area (Å²) in [6.07, 6.45) is 7.71. The second-order valence-electron chi connectivity index (χ2n) is 6.87. The van der Waals surface area contributed by atoms with E-state index >= 15 is 0 Å². The molecule has 0 aliphatic heterocycles. The molecule has 0 saturated carbocycles. The number of fused-ring (bicyclic) bond motifs is 1. The van der Waals surface area contributed by atoms with Gasteiger partial charge in [-0.1, -0.05) is 54.6 Å². The summed E-state index contributed by atoms with van der Waals surface area (Å²) in [6, 6.07) is 18.0. The summed E-state index contributed by atoms with van der Waals surface area (Å²) >= 11 is 0. The summed E-state index contributed by atoms with van der Waals surface area (Å²) in [5.41, 5.74) is 3.10. The lowest BCUT2D eigenvalue weighted by molar-refractivity contribution is -0.126. The highest BCUT2D eigenvalue weighted by atomic mass is 16.1. The normalized spacial score (nSPS) is 17.9. The number of carbonyl (C=O) groups excluding carboxylic acids is 1. The average molecular weight is 345 g/mol. The maximum atomic E-state index is 12.8. The van der Waals surface area contributed by atoms with Crippen LogP contribution in [-0.4, -0.2) is 15.9 Å². The first-order valence-corrected chi connectivity index (χ1v) is 9.23. The molecule has 2 N–H and O–H groups in total. The third-order valence-electron chi connectivity index (χ3n) is 4.98. The first-order valence-electron chi connectivity index (χ1n) is 9.23. The number of rotatable bonds is 5. The van der Waals surface area contributed by atoms with Crippen LogP contribution in [0.4, 0.5) is 0 Å². The number of nitrogens with one attached hydrogen (secondary N) is 2. The molecule has 4 nitrogen and oxygen atoms in total. The summed E-state index contributed by atoms with van der Waals surface area (Å²) < 4.78 is 0. The number of allylic oxidation sites excluding steroid dienone is 2. The Morgan fingerprint density at radius 1 is 1.12 bits per heavy atom. The standard InChI is InChI=1S/C22H23N3O/c26-22(17-11-5-2-6-12-17)25-20(15-16-9-3-1-4-10-16)21-23-18-13-7-8-14-19(18)24-21/h1-5,7-10,13-14,17,20H,6,11-12,15H2,(H,23,24)(H,25,26)/t17-,20-/m0/s1. The van der Waals surface area contributed by atoms with Crippen molar-refractivity contribution in [3.8, 4) is 0 Å². The van der Waals surface area contributed by atoms with Crippen molar-refractivity contribution in [2.75, 3.05) is 0 Å². The lowest BCUT2D eigenvalue weighted by Crippen LogP contribution is -2.36. The SMILES string of the molecule is O=C(N[C@@H](Cc1ccccc1)c1nc2ccccc2[nH]1)[C@H]1CC=CCC1. The molecule has 0 radical (unpaired) electrons. The number of H-pyrrole nitrogens is 1. The van der Waals surface area contributed by atoms with E-state index in [9.17, 15) is 4.79 Å². The summed E-state index contributed by atoms with van der Waals surface area (Å²) in [4.78, 5) is 20.9. The van der Waals surface area contributed by atoms with Crippen LogP contribution in [0.2, 0.25) is 0 Å². The molecule has 3 aromatic rings. The molecule has 26 heavy (non-hydrogen) atoms. The fourth-order valence-corrected chi connectivity index (χ4v) is 3.52. The highest BCUT2D eigenvalue weighted by Gasteiger charge is 2.24. The van der Waals surface area contributed by atoms with E-state index in [1.807, 2.05) is 42.5 Å². The molecule has 2 aromatic carbocycles. The molecule has 0 spiro atoms. The Bertz CT molecular complexity index is 880. The Hall–Kier alpha value is -2.88. The fraction of sp³-hybridized carbons (Fsp3) is 0.273. The number of benzene rings is 2. The molecular formula is C22H23N3O. The topological polar surface area (TPSA) is 57.8 Å². The fourth-order valence-electron chi connectivity index (χ4n) is 3.52. The van der Waals surface area contributed by atoms with Gasteiger partial charge in [0.25, 0.3) is 0 Å². The number of aromatic nitrogens is 2. The van der Waals surface area contributed by atoms with E-state index in [1.54, 1.807) is 0 Å². The molecule has 1 aliphatic carbocycles. The van der Waals surface area contributed by atoms with Crippen LogP contribution in [0.15, 0.2) is 66.7 Å². The largest absolute Gasteiger partial charge is 0.346 e. The number of imidazole rings is 1. The Kier molecular flexibility index (Phi) is 4.82. The van der Waals surface area contributed by atoms with Gasteiger partial charge in [0, 0.05) is 5.92 Å². The van der Waals surface area contributed by atoms with Crippen molar-refractivity contribution in [3.63, 3.8) is 0 Å². The Morgan fingerprint density at radius 3 is 2.69 bits per heavy atom. The van der Waals surface area contributed by atoms with E-state index in [2.05, 4.69) is 34.6 Å². The van der Waals surface area contributed by atoms with Crippen LogP contribution in [0.1, 0.15) is 36.7 Å². The second-order valence-corrected chi connectivity index (χ2v) is 6.87. The van der Waals surface area contributed by atoms with Gasteiger partial charge in [0.1, 0.15) is 5.82 Å². The predicted octanol–water partition coefficient (Wildman–Crippen LogP) is 4.32. The molecule has 2 atom stereocenters. The molecule has 1 heterocycles. The number of hydrogen-bond donors (Lipinski definition) is 2. The Morgan fingerprint density at radius 2 is 1.92 bits per heavy atom. The molecule has 0 fully saturated rings. The van der Waals surface area contributed by atoms with E-state index in [1.165, 1.54) is 5.56 Å². The number of amides is 1. The molecule has 4 heteroatoms. The minimum absolute atomic E-state index is 0.0580.